The van der Waals surface area contributed by atoms with E-state index in [1.807, 2.05) is 36.5 Å². The van der Waals surface area contributed by atoms with Crippen molar-refractivity contribution >= 4 is 12.1 Å². The molecule has 1 aliphatic heterocycles. The molecule has 0 saturated carbocycles. The van der Waals surface area contributed by atoms with E-state index in [0.29, 0.717) is 6.54 Å². The van der Waals surface area contributed by atoms with Gasteiger partial charge >= 0.3 is 0 Å². The molecule has 1 aliphatic rings. The Balaban J connectivity index is 1.71. The number of amidine groups is 1. The Morgan fingerprint density at radius 1 is 0.900 bits per heavy atom. The Hall–Kier alpha value is -2.26. The zero-order chi connectivity index (χ0) is 13.8. The van der Waals surface area contributed by atoms with Gasteiger partial charge in [0.25, 0.3) is 0 Å². The van der Waals surface area contributed by atoms with Gasteiger partial charge in [0.05, 0.1) is 6.04 Å². The van der Waals surface area contributed by atoms with Crippen LogP contribution in [0, 0.1) is 0 Å². The lowest BCUT2D eigenvalue weighted by Gasteiger charge is -2.05. The maximum Gasteiger partial charge on any atom is 0.154 e. The van der Waals surface area contributed by atoms with E-state index in [2.05, 4.69) is 34.3 Å². The van der Waals surface area contributed by atoms with Crippen LogP contribution in [0.15, 0.2) is 64.6 Å². The number of benzene rings is 2. The number of nitrogens with zero attached hydrogens (tertiary/aromatic N) is 2. The number of rotatable bonds is 4. The summed E-state index contributed by atoms with van der Waals surface area (Å²) in [5, 5.41) is 0. The Morgan fingerprint density at radius 3 is 2.30 bits per heavy atom. The van der Waals surface area contributed by atoms with Crippen LogP contribution in [0.25, 0.3) is 0 Å². The predicted octanol–water partition coefficient (Wildman–Crippen LogP) is 2.59. The molecule has 1 unspecified atom stereocenters. The molecule has 1 atom stereocenters. The van der Waals surface area contributed by atoms with E-state index in [1.54, 1.807) is 0 Å². The molecule has 0 radical (unpaired) electrons. The first kappa shape index (κ1) is 12.8. The SMILES string of the molecule is NCc1ccc(CC2C=NC(c3ccccc3)=N2)cc1. The highest BCUT2D eigenvalue weighted by Gasteiger charge is 2.14. The quantitative estimate of drug-likeness (QED) is 0.905. The monoisotopic (exact) mass is 263 g/mol. The molecule has 2 N–H and O–H groups in total. The highest BCUT2D eigenvalue weighted by molar-refractivity contribution is 6.07. The van der Waals surface area contributed by atoms with Crippen molar-refractivity contribution in [1.29, 1.82) is 0 Å². The number of hydrogen-bond acceptors (Lipinski definition) is 3. The van der Waals surface area contributed by atoms with Gasteiger partial charge < -0.3 is 5.73 Å². The van der Waals surface area contributed by atoms with Crippen molar-refractivity contribution in [2.75, 3.05) is 0 Å². The zero-order valence-corrected chi connectivity index (χ0v) is 11.2. The first-order chi connectivity index (χ1) is 9.85. The molecule has 3 nitrogen and oxygen atoms in total. The molecule has 2 aromatic rings. The van der Waals surface area contributed by atoms with Crippen LogP contribution in [0.4, 0.5) is 0 Å². The lowest BCUT2D eigenvalue weighted by Crippen LogP contribution is -2.07. The summed E-state index contributed by atoms with van der Waals surface area (Å²) in [4.78, 5) is 9.09. The molecule has 3 rings (SSSR count). The van der Waals surface area contributed by atoms with E-state index in [9.17, 15) is 0 Å². The second-order valence-electron chi connectivity index (χ2n) is 4.89. The molecule has 0 saturated heterocycles. The van der Waals surface area contributed by atoms with Crippen molar-refractivity contribution in [1.82, 2.24) is 0 Å². The maximum absolute atomic E-state index is 5.60. The molecular weight excluding hydrogens is 246 g/mol. The van der Waals surface area contributed by atoms with Gasteiger partial charge in [-0.2, -0.15) is 0 Å². The zero-order valence-electron chi connectivity index (χ0n) is 11.2. The van der Waals surface area contributed by atoms with Crippen molar-refractivity contribution in [3.05, 3.63) is 71.3 Å². The lowest BCUT2D eigenvalue weighted by atomic mass is 10.1. The van der Waals surface area contributed by atoms with Crippen LogP contribution >= 0.6 is 0 Å². The van der Waals surface area contributed by atoms with E-state index in [-0.39, 0.29) is 6.04 Å². The summed E-state index contributed by atoms with van der Waals surface area (Å²) in [6, 6.07) is 18.6. The molecule has 100 valence electrons. The average molecular weight is 263 g/mol. The Morgan fingerprint density at radius 2 is 1.60 bits per heavy atom. The first-order valence-electron chi connectivity index (χ1n) is 6.80. The van der Waals surface area contributed by atoms with Crippen LogP contribution < -0.4 is 5.73 Å². The second kappa shape index (κ2) is 5.80. The van der Waals surface area contributed by atoms with Gasteiger partial charge in [0.2, 0.25) is 0 Å². The van der Waals surface area contributed by atoms with Crippen molar-refractivity contribution < 1.29 is 0 Å². The standard InChI is InChI=1S/C17H17N3/c18-11-14-8-6-13(7-9-14)10-16-12-19-17(20-16)15-4-2-1-3-5-15/h1-9,12,16H,10-11,18H2. The summed E-state index contributed by atoms with van der Waals surface area (Å²) >= 11 is 0. The van der Waals surface area contributed by atoms with E-state index in [4.69, 9.17) is 5.73 Å². The third kappa shape index (κ3) is 2.83. The molecule has 0 bridgehead atoms. The van der Waals surface area contributed by atoms with Crippen LogP contribution in [0.2, 0.25) is 0 Å². The molecular formula is C17H17N3. The van der Waals surface area contributed by atoms with E-state index in [1.165, 1.54) is 5.56 Å². The maximum atomic E-state index is 5.60. The Labute approximate surface area is 118 Å². The summed E-state index contributed by atoms with van der Waals surface area (Å²) in [6.07, 6.45) is 2.81. The van der Waals surface area contributed by atoms with Crippen molar-refractivity contribution in [2.45, 2.75) is 19.0 Å². The predicted molar refractivity (Wildman–Crippen MR) is 83.3 cm³/mol. The first-order valence-corrected chi connectivity index (χ1v) is 6.80. The third-order valence-corrected chi connectivity index (χ3v) is 3.39. The number of nitrogens with two attached hydrogens (primary N) is 1. The molecule has 2 aromatic carbocycles. The Kier molecular flexibility index (Phi) is 3.70. The van der Waals surface area contributed by atoms with Gasteiger partial charge in [-0.3, -0.25) is 4.99 Å². The summed E-state index contributed by atoms with van der Waals surface area (Å²) in [6.45, 7) is 0.585. The topological polar surface area (TPSA) is 50.7 Å². The molecule has 0 spiro atoms. The Bertz CT molecular complexity index is 627. The summed E-state index contributed by atoms with van der Waals surface area (Å²) in [5.41, 5.74) is 9.09. The molecule has 1 heterocycles. The van der Waals surface area contributed by atoms with Gasteiger partial charge in [-0.25, -0.2) is 4.99 Å². The average Bonchev–Trinajstić information content (AvgIpc) is 2.97. The highest BCUT2D eigenvalue weighted by Crippen LogP contribution is 2.13. The van der Waals surface area contributed by atoms with Gasteiger partial charge in [-0.15, -0.1) is 0 Å². The number of hydrogen-bond donors (Lipinski definition) is 1. The van der Waals surface area contributed by atoms with Crippen LogP contribution in [0.3, 0.4) is 0 Å². The van der Waals surface area contributed by atoms with E-state index < -0.39 is 0 Å². The van der Waals surface area contributed by atoms with Crippen LogP contribution in [-0.2, 0) is 13.0 Å². The largest absolute Gasteiger partial charge is 0.326 e. The van der Waals surface area contributed by atoms with Crippen LogP contribution in [-0.4, -0.2) is 18.1 Å². The molecule has 20 heavy (non-hydrogen) atoms. The summed E-state index contributed by atoms with van der Waals surface area (Å²) in [5.74, 6) is 0.828. The fourth-order valence-electron chi connectivity index (χ4n) is 2.27. The smallest absolute Gasteiger partial charge is 0.154 e. The minimum Gasteiger partial charge on any atom is -0.326 e. The second-order valence-corrected chi connectivity index (χ2v) is 4.89. The molecule has 3 heteroatoms. The van der Waals surface area contributed by atoms with E-state index >= 15 is 0 Å². The lowest BCUT2D eigenvalue weighted by molar-refractivity contribution is 0.878. The van der Waals surface area contributed by atoms with Gasteiger partial charge in [0.1, 0.15) is 0 Å². The molecule has 0 amide bonds. The van der Waals surface area contributed by atoms with Crippen molar-refractivity contribution in [3.8, 4) is 0 Å². The highest BCUT2D eigenvalue weighted by atomic mass is 15.0. The van der Waals surface area contributed by atoms with Gasteiger partial charge in [0, 0.05) is 18.3 Å². The fourth-order valence-corrected chi connectivity index (χ4v) is 2.27. The number of aliphatic imine (C=N–C) groups is 2. The minimum absolute atomic E-state index is 0.133. The molecule has 0 aliphatic carbocycles. The van der Waals surface area contributed by atoms with Crippen molar-refractivity contribution in [2.24, 2.45) is 15.7 Å². The van der Waals surface area contributed by atoms with Crippen LogP contribution in [0.5, 0.6) is 0 Å². The van der Waals surface area contributed by atoms with Gasteiger partial charge in [-0.05, 0) is 17.5 Å². The summed E-state index contributed by atoms with van der Waals surface area (Å²) < 4.78 is 0. The van der Waals surface area contributed by atoms with E-state index in [0.717, 1.165) is 23.4 Å². The fraction of sp³-hybridized carbons (Fsp3) is 0.176. The minimum atomic E-state index is 0.133. The van der Waals surface area contributed by atoms with Gasteiger partial charge in [-0.1, -0.05) is 54.6 Å². The molecule has 0 aromatic heterocycles. The third-order valence-electron chi connectivity index (χ3n) is 3.39. The van der Waals surface area contributed by atoms with Crippen LogP contribution in [0.1, 0.15) is 16.7 Å². The normalized spacial score (nSPS) is 17.2. The molecule has 0 fully saturated rings. The summed E-state index contributed by atoms with van der Waals surface area (Å²) in [7, 11) is 0. The van der Waals surface area contributed by atoms with Gasteiger partial charge in [0.15, 0.2) is 5.84 Å². The van der Waals surface area contributed by atoms with Crippen molar-refractivity contribution in [3.63, 3.8) is 0 Å².